The van der Waals surface area contributed by atoms with E-state index >= 15 is 0 Å². The maximum absolute atomic E-state index is 11.5. The monoisotopic (exact) mass is 173 g/mol. The zero-order chi connectivity index (χ0) is 9.61. The van der Waals surface area contributed by atoms with Crippen molar-refractivity contribution in [1.29, 1.82) is 0 Å². The molecule has 0 amide bonds. The van der Waals surface area contributed by atoms with Crippen LogP contribution in [0.1, 0.15) is 27.2 Å². The molecule has 3 nitrogen and oxygen atoms in total. The van der Waals surface area contributed by atoms with Crippen molar-refractivity contribution in [2.45, 2.75) is 27.2 Å². The first-order valence-electron chi connectivity index (χ1n) is 4.41. The van der Waals surface area contributed by atoms with Gasteiger partial charge in [-0.25, -0.2) is 0 Å². The van der Waals surface area contributed by atoms with E-state index in [2.05, 4.69) is 0 Å². The van der Waals surface area contributed by atoms with Crippen LogP contribution < -0.4 is 5.73 Å². The molecule has 0 aliphatic carbocycles. The molecule has 2 N–H and O–H groups in total. The zero-order valence-electron chi connectivity index (χ0n) is 8.22. The molecule has 1 atom stereocenters. The average molecular weight is 173 g/mol. The number of carbonyl (C=O) groups excluding carboxylic acids is 1. The fraction of sp³-hybridized carbons (Fsp3) is 0.889. The summed E-state index contributed by atoms with van der Waals surface area (Å²) in [6.45, 7) is 6.90. The Labute approximate surface area is 74.3 Å². The van der Waals surface area contributed by atoms with Crippen molar-refractivity contribution in [3.8, 4) is 0 Å². The van der Waals surface area contributed by atoms with E-state index in [9.17, 15) is 4.79 Å². The molecule has 0 aliphatic heterocycles. The van der Waals surface area contributed by atoms with Gasteiger partial charge >= 0.3 is 0 Å². The second-order valence-corrected chi connectivity index (χ2v) is 3.18. The molecule has 0 bridgehead atoms. The first kappa shape index (κ1) is 11.6. The summed E-state index contributed by atoms with van der Waals surface area (Å²) in [7, 11) is 0. The number of nitrogens with two attached hydrogens (primary N) is 1. The predicted octanol–water partition coefficient (Wildman–Crippen LogP) is 0.967. The third-order valence-corrected chi connectivity index (χ3v) is 2.34. The molecule has 0 saturated carbocycles. The van der Waals surface area contributed by atoms with E-state index in [-0.39, 0.29) is 12.4 Å². The molecular weight excluding hydrogens is 154 g/mol. The second kappa shape index (κ2) is 5.27. The lowest BCUT2D eigenvalue weighted by Crippen LogP contribution is -2.37. The normalized spacial score (nSPS) is 15.7. The number of ketones is 1. The molecule has 0 fully saturated rings. The van der Waals surface area contributed by atoms with Crippen molar-refractivity contribution in [2.24, 2.45) is 11.1 Å². The van der Waals surface area contributed by atoms with Crippen LogP contribution >= 0.6 is 0 Å². The third kappa shape index (κ3) is 2.91. The van der Waals surface area contributed by atoms with Crippen molar-refractivity contribution in [1.82, 2.24) is 0 Å². The maximum Gasteiger partial charge on any atom is 0.165 e. The van der Waals surface area contributed by atoms with Crippen LogP contribution in [0.4, 0.5) is 0 Å². The number of ether oxygens (including phenoxy) is 1. The van der Waals surface area contributed by atoms with Gasteiger partial charge in [0.05, 0.1) is 0 Å². The highest BCUT2D eigenvalue weighted by atomic mass is 16.5. The van der Waals surface area contributed by atoms with E-state index in [1.165, 1.54) is 0 Å². The number of Topliss-reactive ketones (excluding diaryl/α,β-unsaturated/α-hetero) is 1. The van der Waals surface area contributed by atoms with Crippen LogP contribution in [-0.4, -0.2) is 25.5 Å². The molecular formula is C9H19NO2. The SMILES string of the molecule is CCOCC(=O)C(C)(CC)CN. The summed E-state index contributed by atoms with van der Waals surface area (Å²) in [5, 5.41) is 0. The van der Waals surface area contributed by atoms with Gasteiger partial charge in [0, 0.05) is 18.6 Å². The molecule has 12 heavy (non-hydrogen) atoms. The fourth-order valence-electron chi connectivity index (χ4n) is 0.824. The Hall–Kier alpha value is -0.410. The van der Waals surface area contributed by atoms with Crippen molar-refractivity contribution in [3.05, 3.63) is 0 Å². The number of hydrogen-bond acceptors (Lipinski definition) is 3. The van der Waals surface area contributed by atoms with E-state index in [1.54, 1.807) is 0 Å². The predicted molar refractivity (Wildman–Crippen MR) is 49.0 cm³/mol. The van der Waals surface area contributed by atoms with Gasteiger partial charge in [0.25, 0.3) is 0 Å². The molecule has 72 valence electrons. The van der Waals surface area contributed by atoms with Gasteiger partial charge in [0.15, 0.2) is 5.78 Å². The van der Waals surface area contributed by atoms with Crippen molar-refractivity contribution < 1.29 is 9.53 Å². The molecule has 0 spiro atoms. The van der Waals surface area contributed by atoms with Crippen LogP contribution in [-0.2, 0) is 9.53 Å². The summed E-state index contributed by atoms with van der Waals surface area (Å²) in [5.41, 5.74) is 5.12. The third-order valence-electron chi connectivity index (χ3n) is 2.34. The van der Waals surface area contributed by atoms with Crippen molar-refractivity contribution in [3.63, 3.8) is 0 Å². The molecule has 0 aromatic carbocycles. The van der Waals surface area contributed by atoms with Crippen molar-refractivity contribution in [2.75, 3.05) is 19.8 Å². The van der Waals surface area contributed by atoms with Gasteiger partial charge in [-0.3, -0.25) is 4.79 Å². The topological polar surface area (TPSA) is 52.3 Å². The van der Waals surface area contributed by atoms with Gasteiger partial charge in [-0.2, -0.15) is 0 Å². The fourth-order valence-corrected chi connectivity index (χ4v) is 0.824. The Morgan fingerprint density at radius 1 is 1.50 bits per heavy atom. The minimum atomic E-state index is -0.394. The first-order valence-corrected chi connectivity index (χ1v) is 4.41. The first-order chi connectivity index (χ1) is 5.60. The van der Waals surface area contributed by atoms with Gasteiger partial charge in [0.1, 0.15) is 6.61 Å². The molecule has 0 rings (SSSR count). The van der Waals surface area contributed by atoms with Crippen LogP contribution in [0.5, 0.6) is 0 Å². The zero-order valence-corrected chi connectivity index (χ0v) is 8.22. The lowest BCUT2D eigenvalue weighted by atomic mass is 9.83. The maximum atomic E-state index is 11.5. The highest BCUT2D eigenvalue weighted by molar-refractivity contribution is 5.85. The highest BCUT2D eigenvalue weighted by Gasteiger charge is 2.28. The smallest absolute Gasteiger partial charge is 0.165 e. The summed E-state index contributed by atoms with van der Waals surface area (Å²) in [6, 6.07) is 0. The van der Waals surface area contributed by atoms with Crippen molar-refractivity contribution >= 4 is 5.78 Å². The van der Waals surface area contributed by atoms with Gasteiger partial charge in [-0.05, 0) is 13.3 Å². The Balaban J connectivity index is 4.03. The second-order valence-electron chi connectivity index (χ2n) is 3.18. The Bertz CT molecular complexity index is 141. The number of hydrogen-bond donors (Lipinski definition) is 1. The quantitative estimate of drug-likeness (QED) is 0.651. The van der Waals surface area contributed by atoms with E-state index in [0.29, 0.717) is 13.2 Å². The minimum absolute atomic E-state index is 0.106. The summed E-state index contributed by atoms with van der Waals surface area (Å²) < 4.78 is 5.04. The van der Waals surface area contributed by atoms with E-state index in [0.717, 1.165) is 6.42 Å². The molecule has 0 aromatic heterocycles. The van der Waals surface area contributed by atoms with E-state index in [4.69, 9.17) is 10.5 Å². The molecule has 3 heteroatoms. The highest BCUT2D eigenvalue weighted by Crippen LogP contribution is 2.20. The molecule has 0 saturated heterocycles. The Morgan fingerprint density at radius 2 is 2.08 bits per heavy atom. The van der Waals surface area contributed by atoms with Gasteiger partial charge in [-0.15, -0.1) is 0 Å². The molecule has 0 heterocycles. The van der Waals surface area contributed by atoms with Gasteiger partial charge in [-0.1, -0.05) is 13.8 Å². The lowest BCUT2D eigenvalue weighted by Gasteiger charge is -2.24. The van der Waals surface area contributed by atoms with Crippen LogP contribution in [0.2, 0.25) is 0 Å². The van der Waals surface area contributed by atoms with Crippen LogP contribution in [0.25, 0.3) is 0 Å². The van der Waals surface area contributed by atoms with Gasteiger partial charge < -0.3 is 10.5 Å². The summed E-state index contributed by atoms with van der Waals surface area (Å²) in [5.74, 6) is 0.106. The summed E-state index contributed by atoms with van der Waals surface area (Å²) >= 11 is 0. The summed E-state index contributed by atoms with van der Waals surface area (Å²) in [6.07, 6.45) is 0.773. The van der Waals surface area contributed by atoms with Crippen LogP contribution in [0.3, 0.4) is 0 Å². The Morgan fingerprint density at radius 3 is 2.42 bits per heavy atom. The Kier molecular flexibility index (Phi) is 5.09. The van der Waals surface area contributed by atoms with Gasteiger partial charge in [0.2, 0.25) is 0 Å². The molecule has 0 aromatic rings. The molecule has 0 radical (unpaired) electrons. The summed E-state index contributed by atoms with van der Waals surface area (Å²) in [4.78, 5) is 11.5. The average Bonchev–Trinajstić information content (AvgIpc) is 2.12. The van der Waals surface area contributed by atoms with Crippen LogP contribution in [0.15, 0.2) is 0 Å². The minimum Gasteiger partial charge on any atom is -0.374 e. The standard InChI is InChI=1S/C9H19NO2/c1-4-9(3,7-10)8(11)6-12-5-2/h4-7,10H2,1-3H3. The van der Waals surface area contributed by atoms with E-state index < -0.39 is 5.41 Å². The van der Waals surface area contributed by atoms with Crippen LogP contribution in [0, 0.1) is 5.41 Å². The molecule has 0 aliphatic rings. The number of carbonyl (C=O) groups is 1. The van der Waals surface area contributed by atoms with E-state index in [1.807, 2.05) is 20.8 Å². The lowest BCUT2D eigenvalue weighted by molar-refractivity contribution is -0.132. The number of rotatable bonds is 6. The largest absolute Gasteiger partial charge is 0.374 e. The molecule has 1 unspecified atom stereocenters.